The van der Waals surface area contributed by atoms with E-state index in [1.807, 2.05) is 0 Å². The molecular weight excluding hydrogens is 238 g/mol. The van der Waals surface area contributed by atoms with Crippen LogP contribution in [0, 0.1) is 11.6 Å². The highest BCUT2D eigenvalue weighted by atomic mass is 28.3. The third kappa shape index (κ3) is 2.80. The quantitative estimate of drug-likeness (QED) is 0.715. The molecule has 0 aliphatic carbocycles. The summed E-state index contributed by atoms with van der Waals surface area (Å²) < 4.78 is 27.4. The van der Waals surface area contributed by atoms with Gasteiger partial charge in [0.25, 0.3) is 0 Å². The van der Waals surface area contributed by atoms with Crippen molar-refractivity contribution in [1.82, 2.24) is 0 Å². The van der Waals surface area contributed by atoms with Crippen LogP contribution in [-0.2, 0) is 0 Å². The van der Waals surface area contributed by atoms with Crippen LogP contribution >= 0.6 is 0 Å². The van der Waals surface area contributed by atoms with Gasteiger partial charge in [-0.3, -0.25) is 0 Å². The van der Waals surface area contributed by atoms with Gasteiger partial charge in [-0.15, -0.1) is 0 Å². The highest BCUT2D eigenvalue weighted by Gasteiger charge is 2.27. The molecule has 0 spiro atoms. The van der Waals surface area contributed by atoms with Crippen LogP contribution in [0.3, 0.4) is 0 Å². The summed E-state index contributed by atoms with van der Waals surface area (Å²) in [6, 6.07) is 2.85. The van der Waals surface area contributed by atoms with Gasteiger partial charge in [0.2, 0.25) is 0 Å². The van der Waals surface area contributed by atoms with Crippen LogP contribution < -0.4 is 10.4 Å². The molecule has 16 heavy (non-hydrogen) atoms. The van der Waals surface area contributed by atoms with E-state index in [0.29, 0.717) is 0 Å². The molecule has 0 N–H and O–H groups in total. The van der Waals surface area contributed by atoms with E-state index < -0.39 is 16.1 Å². The molecule has 0 nitrogen and oxygen atoms in total. The van der Waals surface area contributed by atoms with Crippen LogP contribution in [0.4, 0.5) is 8.78 Å². The van der Waals surface area contributed by atoms with Gasteiger partial charge in [0.1, 0.15) is 11.6 Å². The Kier molecular flexibility index (Phi) is 3.46. The molecule has 0 bridgehead atoms. The second-order valence-corrected chi connectivity index (χ2v) is 16.4. The zero-order chi connectivity index (χ0) is 12.7. The van der Waals surface area contributed by atoms with Crippen molar-refractivity contribution in [3.05, 3.63) is 23.8 Å². The molecule has 1 rings (SSSR count). The fourth-order valence-electron chi connectivity index (χ4n) is 1.70. The topological polar surface area (TPSA) is 0 Å². The normalized spacial score (nSPS) is 13.0. The summed E-state index contributed by atoms with van der Waals surface area (Å²) in [6.45, 7) is 12.5. The zero-order valence-corrected chi connectivity index (χ0v) is 12.9. The Bertz CT molecular complexity index is 365. The Hall–Kier alpha value is -0.486. The molecule has 0 aromatic heterocycles. The molecule has 90 valence electrons. The summed E-state index contributed by atoms with van der Waals surface area (Å²) in [5, 5.41) is 1.48. The van der Waals surface area contributed by atoms with Crippen molar-refractivity contribution in [1.29, 1.82) is 0 Å². The Morgan fingerprint density at radius 2 is 1.00 bits per heavy atom. The van der Waals surface area contributed by atoms with E-state index in [1.54, 1.807) is 6.07 Å². The van der Waals surface area contributed by atoms with Crippen LogP contribution in [0.1, 0.15) is 0 Å². The highest BCUT2D eigenvalue weighted by molar-refractivity contribution is 6.91. The summed E-state index contributed by atoms with van der Waals surface area (Å²) in [7, 11) is -3.46. The maximum atomic E-state index is 13.7. The Balaban J connectivity index is 3.45. The fraction of sp³-hybridized carbons (Fsp3) is 0.500. The summed E-state index contributed by atoms with van der Waals surface area (Å²) in [6.07, 6.45) is 0. The first kappa shape index (κ1) is 13.6. The molecule has 0 aliphatic rings. The number of hydrogen-bond donors (Lipinski definition) is 0. The van der Waals surface area contributed by atoms with Crippen molar-refractivity contribution >= 4 is 26.5 Å². The zero-order valence-electron chi connectivity index (χ0n) is 10.9. The summed E-state index contributed by atoms with van der Waals surface area (Å²) in [4.78, 5) is 0. The van der Waals surface area contributed by atoms with Crippen LogP contribution in [0.25, 0.3) is 0 Å². The van der Waals surface area contributed by atoms with E-state index in [1.165, 1.54) is 0 Å². The molecule has 0 saturated heterocycles. The standard InChI is InChI=1S/C12H20F2Si2/c1-15(2,3)11-8-12(16(4,5)6)10(14)7-9(11)13/h7-8H,1-6H3. The summed E-state index contributed by atoms with van der Waals surface area (Å²) in [5.41, 5.74) is 0. The molecule has 0 saturated carbocycles. The van der Waals surface area contributed by atoms with Gasteiger partial charge >= 0.3 is 0 Å². The van der Waals surface area contributed by atoms with Crippen molar-refractivity contribution in [2.75, 3.05) is 0 Å². The van der Waals surface area contributed by atoms with Gasteiger partial charge in [-0.25, -0.2) is 8.78 Å². The lowest BCUT2D eigenvalue weighted by Gasteiger charge is -2.23. The molecule has 0 radical (unpaired) electrons. The maximum absolute atomic E-state index is 13.7. The molecular formula is C12H20F2Si2. The predicted molar refractivity (Wildman–Crippen MR) is 72.3 cm³/mol. The lowest BCUT2D eigenvalue weighted by molar-refractivity contribution is 0.592. The molecule has 0 amide bonds. The monoisotopic (exact) mass is 258 g/mol. The molecule has 4 heteroatoms. The van der Waals surface area contributed by atoms with Crippen molar-refractivity contribution < 1.29 is 8.78 Å². The van der Waals surface area contributed by atoms with Crippen molar-refractivity contribution in [3.63, 3.8) is 0 Å². The lowest BCUT2D eigenvalue weighted by atomic mass is 10.3. The molecule has 0 fully saturated rings. The predicted octanol–water partition coefficient (Wildman–Crippen LogP) is 3.06. The van der Waals surface area contributed by atoms with Gasteiger partial charge in [0.15, 0.2) is 0 Å². The van der Waals surface area contributed by atoms with Crippen LogP contribution in [0.2, 0.25) is 39.3 Å². The first-order valence-electron chi connectivity index (χ1n) is 5.53. The molecule has 0 atom stereocenters. The number of rotatable bonds is 2. The third-order valence-corrected chi connectivity index (χ3v) is 6.67. The third-order valence-electron chi connectivity index (χ3n) is 2.67. The second-order valence-electron chi connectivity index (χ2n) is 6.31. The minimum atomic E-state index is -1.73. The minimum Gasteiger partial charge on any atom is -0.207 e. The summed E-state index contributed by atoms with van der Waals surface area (Å²) in [5.74, 6) is -0.752. The van der Waals surface area contributed by atoms with Gasteiger partial charge in [0, 0.05) is 6.07 Å². The molecule has 1 aromatic carbocycles. The first-order valence-corrected chi connectivity index (χ1v) is 12.5. The lowest BCUT2D eigenvalue weighted by Crippen LogP contribution is -2.48. The van der Waals surface area contributed by atoms with Crippen molar-refractivity contribution in [2.24, 2.45) is 0 Å². The fourth-order valence-corrected chi connectivity index (χ4v) is 4.57. The van der Waals surface area contributed by atoms with Gasteiger partial charge in [0.05, 0.1) is 16.1 Å². The average Bonchev–Trinajstić information content (AvgIpc) is 1.97. The molecule has 0 unspecified atom stereocenters. The van der Waals surface area contributed by atoms with E-state index in [2.05, 4.69) is 39.3 Å². The van der Waals surface area contributed by atoms with Crippen LogP contribution in [0.15, 0.2) is 12.1 Å². The Morgan fingerprint density at radius 3 is 1.25 bits per heavy atom. The van der Waals surface area contributed by atoms with Gasteiger partial charge in [-0.05, 0) is 10.4 Å². The van der Waals surface area contributed by atoms with Crippen LogP contribution in [-0.4, -0.2) is 16.1 Å². The second kappa shape index (κ2) is 4.07. The number of benzene rings is 1. The first-order chi connectivity index (χ1) is 7.03. The Morgan fingerprint density at radius 1 is 0.688 bits per heavy atom. The van der Waals surface area contributed by atoms with Gasteiger partial charge < -0.3 is 0 Å². The molecule has 1 aromatic rings. The van der Waals surface area contributed by atoms with E-state index in [9.17, 15) is 8.78 Å². The minimum absolute atomic E-state index is 0.376. The Labute approximate surface area is 98.7 Å². The number of hydrogen-bond acceptors (Lipinski definition) is 0. The largest absolute Gasteiger partial charge is 0.207 e. The van der Waals surface area contributed by atoms with Gasteiger partial charge in [-0.1, -0.05) is 45.3 Å². The highest BCUT2D eigenvalue weighted by Crippen LogP contribution is 2.11. The van der Waals surface area contributed by atoms with E-state index in [0.717, 1.165) is 16.4 Å². The van der Waals surface area contributed by atoms with E-state index in [4.69, 9.17) is 0 Å². The smallest absolute Gasteiger partial charge is 0.125 e. The van der Waals surface area contributed by atoms with E-state index >= 15 is 0 Å². The SMILES string of the molecule is C[Si](C)(C)c1cc([Si](C)(C)C)c(F)cc1F. The average molecular weight is 258 g/mol. The van der Waals surface area contributed by atoms with Crippen LogP contribution in [0.5, 0.6) is 0 Å². The van der Waals surface area contributed by atoms with E-state index in [-0.39, 0.29) is 11.6 Å². The van der Waals surface area contributed by atoms with Gasteiger partial charge in [-0.2, -0.15) is 0 Å². The van der Waals surface area contributed by atoms with Crippen molar-refractivity contribution in [2.45, 2.75) is 39.3 Å². The summed E-state index contributed by atoms with van der Waals surface area (Å²) >= 11 is 0. The maximum Gasteiger partial charge on any atom is 0.125 e. The number of halogens is 2. The van der Waals surface area contributed by atoms with Crippen molar-refractivity contribution in [3.8, 4) is 0 Å². The molecule has 0 heterocycles. The molecule has 0 aliphatic heterocycles.